The van der Waals surface area contributed by atoms with Gasteiger partial charge in [0, 0.05) is 17.0 Å². The number of nitrogens with zero attached hydrogens (tertiary/aromatic N) is 1. The number of ether oxygens (including phenoxy) is 2. The number of nitro groups is 1. The highest BCUT2D eigenvalue weighted by atomic mass is 32.2. The summed E-state index contributed by atoms with van der Waals surface area (Å²) in [6.07, 6.45) is 2.02. The Balaban J connectivity index is 1.74. The molecule has 0 aliphatic rings. The fourth-order valence-corrected chi connectivity index (χ4v) is 2.06. The largest absolute Gasteiger partial charge is 0.490 e. The van der Waals surface area contributed by atoms with Crippen LogP contribution in [0.5, 0.6) is 11.5 Å². The van der Waals surface area contributed by atoms with Crippen LogP contribution in [-0.4, -0.2) is 24.4 Å². The zero-order valence-corrected chi connectivity index (χ0v) is 12.3. The fraction of sp³-hybridized carbons (Fsp3) is 0.200. The van der Waals surface area contributed by atoms with Crippen molar-refractivity contribution >= 4 is 17.4 Å². The maximum absolute atomic E-state index is 10.5. The third kappa shape index (κ3) is 4.68. The molecule has 0 radical (unpaired) electrons. The van der Waals surface area contributed by atoms with Crippen LogP contribution in [0.25, 0.3) is 0 Å². The SMILES string of the molecule is CSc1ccc(OCCOc2ccc([N+](=O)[O-])cc2)cc1. The zero-order chi connectivity index (χ0) is 15.1. The molecule has 110 valence electrons. The van der Waals surface area contributed by atoms with Gasteiger partial charge in [0.25, 0.3) is 5.69 Å². The molecule has 0 atom stereocenters. The summed E-state index contributed by atoms with van der Waals surface area (Å²) < 4.78 is 11.0. The molecule has 6 heteroatoms. The van der Waals surface area contributed by atoms with E-state index in [1.165, 1.54) is 17.0 Å². The lowest BCUT2D eigenvalue weighted by Crippen LogP contribution is -2.08. The summed E-state index contributed by atoms with van der Waals surface area (Å²) in [5.41, 5.74) is 0.0486. The number of nitro benzene ring substituents is 1. The second kappa shape index (κ2) is 7.54. The average Bonchev–Trinajstić information content (AvgIpc) is 2.52. The molecule has 0 aliphatic heterocycles. The molecular formula is C15H15NO4S. The maximum atomic E-state index is 10.5. The first-order chi connectivity index (χ1) is 10.2. The lowest BCUT2D eigenvalue weighted by molar-refractivity contribution is -0.384. The number of non-ortho nitro benzene ring substituents is 1. The molecule has 21 heavy (non-hydrogen) atoms. The minimum absolute atomic E-state index is 0.0486. The van der Waals surface area contributed by atoms with Gasteiger partial charge in [0.1, 0.15) is 24.7 Å². The van der Waals surface area contributed by atoms with Gasteiger partial charge in [-0.15, -0.1) is 11.8 Å². The van der Waals surface area contributed by atoms with Crippen LogP contribution in [0.15, 0.2) is 53.4 Å². The van der Waals surface area contributed by atoms with Crippen LogP contribution in [-0.2, 0) is 0 Å². The van der Waals surface area contributed by atoms with E-state index in [0.29, 0.717) is 19.0 Å². The van der Waals surface area contributed by atoms with Crippen molar-refractivity contribution in [2.24, 2.45) is 0 Å². The van der Waals surface area contributed by atoms with E-state index in [0.717, 1.165) is 5.75 Å². The molecule has 0 unspecified atom stereocenters. The van der Waals surface area contributed by atoms with E-state index in [4.69, 9.17) is 9.47 Å². The molecule has 0 fully saturated rings. The van der Waals surface area contributed by atoms with Crippen LogP contribution < -0.4 is 9.47 Å². The molecule has 0 amide bonds. The first-order valence-corrected chi connectivity index (χ1v) is 7.55. The number of thioether (sulfide) groups is 1. The Bertz CT molecular complexity index is 584. The smallest absolute Gasteiger partial charge is 0.269 e. The minimum atomic E-state index is -0.439. The molecule has 0 spiro atoms. The van der Waals surface area contributed by atoms with E-state index in [1.54, 1.807) is 23.9 Å². The monoisotopic (exact) mass is 305 g/mol. The summed E-state index contributed by atoms with van der Waals surface area (Å²) in [5, 5.41) is 10.5. The second-order valence-corrected chi connectivity index (χ2v) is 5.00. The molecule has 0 aromatic heterocycles. The Hall–Kier alpha value is -2.21. The number of benzene rings is 2. The Morgan fingerprint density at radius 2 is 1.43 bits per heavy atom. The van der Waals surface area contributed by atoms with Crippen LogP contribution in [0.4, 0.5) is 5.69 Å². The summed E-state index contributed by atoms with van der Waals surface area (Å²) in [7, 11) is 0. The predicted molar refractivity (Wildman–Crippen MR) is 82.3 cm³/mol. The molecular weight excluding hydrogens is 290 g/mol. The van der Waals surface area contributed by atoms with E-state index >= 15 is 0 Å². The van der Waals surface area contributed by atoms with Gasteiger partial charge in [-0.3, -0.25) is 10.1 Å². The van der Waals surface area contributed by atoms with E-state index in [-0.39, 0.29) is 5.69 Å². The standard InChI is InChI=1S/C15H15NO4S/c1-21-15-8-6-14(7-9-15)20-11-10-19-13-4-2-12(3-5-13)16(17)18/h2-9H,10-11H2,1H3. The fourth-order valence-electron chi connectivity index (χ4n) is 1.66. The van der Waals surface area contributed by atoms with Crippen LogP contribution >= 0.6 is 11.8 Å². The van der Waals surface area contributed by atoms with Gasteiger partial charge in [0.2, 0.25) is 0 Å². The molecule has 2 aromatic rings. The molecule has 0 aliphatic carbocycles. The Labute approximate surface area is 127 Å². The topological polar surface area (TPSA) is 61.6 Å². The van der Waals surface area contributed by atoms with Crippen LogP contribution in [0.2, 0.25) is 0 Å². The van der Waals surface area contributed by atoms with Crippen molar-refractivity contribution in [1.29, 1.82) is 0 Å². The molecule has 2 rings (SSSR count). The lowest BCUT2D eigenvalue weighted by Gasteiger charge is -2.08. The number of hydrogen-bond donors (Lipinski definition) is 0. The van der Waals surface area contributed by atoms with Gasteiger partial charge < -0.3 is 9.47 Å². The van der Waals surface area contributed by atoms with E-state index in [9.17, 15) is 10.1 Å². The van der Waals surface area contributed by atoms with Crippen LogP contribution in [0.3, 0.4) is 0 Å². The normalized spacial score (nSPS) is 10.1. The molecule has 0 bridgehead atoms. The summed E-state index contributed by atoms with van der Waals surface area (Å²) in [4.78, 5) is 11.3. The Morgan fingerprint density at radius 3 is 1.86 bits per heavy atom. The summed E-state index contributed by atoms with van der Waals surface area (Å²) in [5.74, 6) is 1.38. The van der Waals surface area contributed by atoms with Crippen molar-refractivity contribution in [3.63, 3.8) is 0 Å². The highest BCUT2D eigenvalue weighted by molar-refractivity contribution is 7.98. The Kier molecular flexibility index (Phi) is 5.45. The third-order valence-corrected chi connectivity index (χ3v) is 3.47. The van der Waals surface area contributed by atoms with Crippen molar-refractivity contribution in [2.75, 3.05) is 19.5 Å². The predicted octanol–water partition coefficient (Wildman–Crippen LogP) is 3.77. The zero-order valence-electron chi connectivity index (χ0n) is 11.5. The van der Waals surface area contributed by atoms with Gasteiger partial charge in [0.15, 0.2) is 0 Å². The molecule has 0 N–H and O–H groups in total. The van der Waals surface area contributed by atoms with Gasteiger partial charge in [-0.05, 0) is 42.7 Å². The van der Waals surface area contributed by atoms with Gasteiger partial charge in [-0.1, -0.05) is 0 Å². The Morgan fingerprint density at radius 1 is 0.952 bits per heavy atom. The van der Waals surface area contributed by atoms with Crippen molar-refractivity contribution in [2.45, 2.75) is 4.90 Å². The van der Waals surface area contributed by atoms with Crippen LogP contribution in [0, 0.1) is 10.1 Å². The van der Waals surface area contributed by atoms with Gasteiger partial charge in [-0.2, -0.15) is 0 Å². The van der Waals surface area contributed by atoms with E-state index < -0.39 is 4.92 Å². The summed E-state index contributed by atoms with van der Waals surface area (Å²) in [6.45, 7) is 0.789. The number of rotatable bonds is 7. The van der Waals surface area contributed by atoms with Gasteiger partial charge in [-0.25, -0.2) is 0 Å². The van der Waals surface area contributed by atoms with Crippen molar-refractivity contribution in [1.82, 2.24) is 0 Å². The minimum Gasteiger partial charge on any atom is -0.490 e. The summed E-state index contributed by atoms with van der Waals surface area (Å²) >= 11 is 1.68. The second-order valence-electron chi connectivity index (χ2n) is 4.12. The maximum Gasteiger partial charge on any atom is 0.269 e. The van der Waals surface area contributed by atoms with Gasteiger partial charge >= 0.3 is 0 Å². The third-order valence-electron chi connectivity index (χ3n) is 2.73. The molecule has 0 saturated heterocycles. The van der Waals surface area contributed by atoms with Crippen LogP contribution in [0.1, 0.15) is 0 Å². The van der Waals surface area contributed by atoms with Gasteiger partial charge in [0.05, 0.1) is 4.92 Å². The quantitative estimate of drug-likeness (QED) is 0.337. The van der Waals surface area contributed by atoms with E-state index in [1.807, 2.05) is 30.5 Å². The van der Waals surface area contributed by atoms with Crippen molar-refractivity contribution < 1.29 is 14.4 Å². The molecule has 0 saturated carbocycles. The first kappa shape index (κ1) is 15.2. The van der Waals surface area contributed by atoms with Crippen molar-refractivity contribution in [3.05, 3.63) is 58.6 Å². The highest BCUT2D eigenvalue weighted by Gasteiger charge is 2.04. The lowest BCUT2D eigenvalue weighted by atomic mass is 10.3. The highest BCUT2D eigenvalue weighted by Crippen LogP contribution is 2.19. The number of hydrogen-bond acceptors (Lipinski definition) is 5. The first-order valence-electron chi connectivity index (χ1n) is 6.33. The molecule has 5 nitrogen and oxygen atoms in total. The molecule has 0 heterocycles. The summed E-state index contributed by atoms with van der Waals surface area (Å²) in [6, 6.07) is 13.8. The van der Waals surface area contributed by atoms with Crippen molar-refractivity contribution in [3.8, 4) is 11.5 Å². The average molecular weight is 305 g/mol. The van der Waals surface area contributed by atoms with E-state index in [2.05, 4.69) is 0 Å². The molecule has 2 aromatic carbocycles.